The molecule has 0 aromatic rings. The summed E-state index contributed by atoms with van der Waals surface area (Å²) in [4.78, 5) is 2.48. The van der Waals surface area contributed by atoms with Crippen LogP contribution in [0.25, 0.3) is 0 Å². The van der Waals surface area contributed by atoms with Crippen molar-refractivity contribution < 1.29 is 0 Å². The summed E-state index contributed by atoms with van der Waals surface area (Å²) >= 11 is 0. The van der Waals surface area contributed by atoms with E-state index in [-0.39, 0.29) is 0 Å². The Morgan fingerprint density at radius 2 is 1.50 bits per heavy atom. The molecule has 0 bridgehead atoms. The predicted octanol–water partition coefficient (Wildman–Crippen LogP) is 2.50. The molecular weight excluding hydrogens is 196 g/mol. The molecule has 0 saturated carbocycles. The molecule has 0 spiro atoms. The summed E-state index contributed by atoms with van der Waals surface area (Å²) in [6.07, 6.45) is 10.2. The highest BCUT2D eigenvalue weighted by atomic mass is 15.1. The van der Waals surface area contributed by atoms with Gasteiger partial charge in [0.2, 0.25) is 0 Å². The van der Waals surface area contributed by atoms with E-state index in [0.717, 1.165) is 11.8 Å². The molecule has 0 aromatic carbocycles. The van der Waals surface area contributed by atoms with Crippen LogP contribution in [0.3, 0.4) is 0 Å². The number of piperidine rings is 2. The van der Waals surface area contributed by atoms with E-state index >= 15 is 0 Å². The first-order valence-electron chi connectivity index (χ1n) is 7.24. The Morgan fingerprint density at radius 3 is 2.12 bits per heavy atom. The molecule has 0 radical (unpaired) electrons. The molecule has 94 valence electrons. The van der Waals surface area contributed by atoms with Crippen LogP contribution in [0.1, 0.15) is 44.9 Å². The van der Waals surface area contributed by atoms with Crippen LogP contribution in [0.5, 0.6) is 0 Å². The van der Waals surface area contributed by atoms with Gasteiger partial charge in [-0.3, -0.25) is 0 Å². The molecule has 2 heterocycles. The van der Waals surface area contributed by atoms with E-state index in [1.165, 1.54) is 71.1 Å². The highest BCUT2D eigenvalue weighted by Crippen LogP contribution is 2.25. The van der Waals surface area contributed by atoms with Crippen molar-refractivity contribution in [2.75, 3.05) is 33.2 Å². The highest BCUT2D eigenvalue weighted by molar-refractivity contribution is 4.72. The monoisotopic (exact) mass is 224 g/mol. The van der Waals surface area contributed by atoms with Crippen molar-refractivity contribution in [2.24, 2.45) is 11.8 Å². The molecule has 0 unspecified atom stereocenters. The first kappa shape index (κ1) is 12.4. The summed E-state index contributed by atoms with van der Waals surface area (Å²) in [7, 11) is 2.26. The van der Waals surface area contributed by atoms with Gasteiger partial charge in [-0.2, -0.15) is 0 Å². The van der Waals surface area contributed by atoms with Crippen LogP contribution in [0.4, 0.5) is 0 Å². The van der Waals surface area contributed by atoms with Crippen LogP contribution in [0, 0.1) is 11.8 Å². The zero-order chi connectivity index (χ0) is 11.2. The minimum absolute atomic E-state index is 1.03. The maximum absolute atomic E-state index is 3.45. The molecule has 1 N–H and O–H groups in total. The van der Waals surface area contributed by atoms with Crippen LogP contribution in [-0.2, 0) is 0 Å². The fourth-order valence-electron chi connectivity index (χ4n) is 3.22. The van der Waals surface area contributed by atoms with Crippen LogP contribution >= 0.6 is 0 Å². The first-order chi connectivity index (χ1) is 7.84. The Morgan fingerprint density at radius 1 is 0.938 bits per heavy atom. The standard InChI is InChI=1S/C14H28N2/c1-16-11-7-14(8-12-16)4-2-3-13-5-9-15-10-6-13/h13-15H,2-12H2,1H3. The van der Waals surface area contributed by atoms with Gasteiger partial charge < -0.3 is 10.2 Å². The van der Waals surface area contributed by atoms with Crippen molar-refractivity contribution in [2.45, 2.75) is 44.9 Å². The minimum Gasteiger partial charge on any atom is -0.317 e. The van der Waals surface area contributed by atoms with Crippen molar-refractivity contribution >= 4 is 0 Å². The molecule has 2 heteroatoms. The Bertz CT molecular complexity index is 179. The number of hydrogen-bond acceptors (Lipinski definition) is 2. The van der Waals surface area contributed by atoms with E-state index in [2.05, 4.69) is 17.3 Å². The quantitative estimate of drug-likeness (QED) is 0.789. The van der Waals surface area contributed by atoms with Crippen LogP contribution in [-0.4, -0.2) is 38.1 Å². The van der Waals surface area contributed by atoms with Gasteiger partial charge in [0.15, 0.2) is 0 Å². The lowest BCUT2D eigenvalue weighted by Gasteiger charge is -2.29. The first-order valence-corrected chi connectivity index (χ1v) is 7.24. The SMILES string of the molecule is CN1CCC(CCCC2CCNCC2)CC1. The second-order valence-electron chi connectivity index (χ2n) is 5.87. The van der Waals surface area contributed by atoms with E-state index in [4.69, 9.17) is 0 Å². The molecule has 0 amide bonds. The van der Waals surface area contributed by atoms with Gasteiger partial charge >= 0.3 is 0 Å². The van der Waals surface area contributed by atoms with Gasteiger partial charge in [-0.25, -0.2) is 0 Å². The van der Waals surface area contributed by atoms with Gasteiger partial charge in [0.05, 0.1) is 0 Å². The zero-order valence-electron chi connectivity index (χ0n) is 10.9. The van der Waals surface area contributed by atoms with Gasteiger partial charge in [0.25, 0.3) is 0 Å². The summed E-state index contributed by atoms with van der Waals surface area (Å²) < 4.78 is 0. The average molecular weight is 224 g/mol. The largest absolute Gasteiger partial charge is 0.317 e. The van der Waals surface area contributed by atoms with Crippen LogP contribution in [0.2, 0.25) is 0 Å². The summed E-state index contributed by atoms with van der Waals surface area (Å²) in [5.41, 5.74) is 0. The summed E-state index contributed by atoms with van der Waals surface area (Å²) in [5.74, 6) is 2.07. The normalized spacial score (nSPS) is 26.1. The molecule has 0 atom stereocenters. The Kier molecular flexibility index (Phi) is 5.11. The van der Waals surface area contributed by atoms with E-state index in [1.54, 1.807) is 0 Å². The van der Waals surface area contributed by atoms with Gasteiger partial charge in [-0.05, 0) is 70.7 Å². The molecule has 2 aliphatic rings. The lowest BCUT2D eigenvalue weighted by Crippen LogP contribution is -2.30. The minimum atomic E-state index is 1.03. The molecule has 0 aliphatic carbocycles. The molecule has 0 aromatic heterocycles. The third-order valence-electron chi connectivity index (χ3n) is 4.52. The van der Waals surface area contributed by atoms with Gasteiger partial charge in [0, 0.05) is 0 Å². The lowest BCUT2D eigenvalue weighted by molar-refractivity contribution is 0.206. The molecular formula is C14H28N2. The topological polar surface area (TPSA) is 15.3 Å². The molecule has 16 heavy (non-hydrogen) atoms. The number of nitrogens with zero attached hydrogens (tertiary/aromatic N) is 1. The van der Waals surface area contributed by atoms with Gasteiger partial charge in [-0.1, -0.05) is 19.3 Å². The molecule has 2 rings (SSSR count). The van der Waals surface area contributed by atoms with Crippen molar-refractivity contribution in [3.05, 3.63) is 0 Å². The third-order valence-corrected chi connectivity index (χ3v) is 4.52. The van der Waals surface area contributed by atoms with E-state index in [9.17, 15) is 0 Å². The average Bonchev–Trinajstić information content (AvgIpc) is 2.33. The van der Waals surface area contributed by atoms with Crippen molar-refractivity contribution in [3.63, 3.8) is 0 Å². The summed E-state index contributed by atoms with van der Waals surface area (Å²) in [6.45, 7) is 5.19. The number of hydrogen-bond donors (Lipinski definition) is 1. The van der Waals surface area contributed by atoms with Gasteiger partial charge in [-0.15, -0.1) is 0 Å². The number of nitrogens with one attached hydrogen (secondary N) is 1. The second kappa shape index (κ2) is 6.61. The molecule has 2 saturated heterocycles. The number of likely N-dealkylation sites (tertiary alicyclic amines) is 1. The highest BCUT2D eigenvalue weighted by Gasteiger charge is 2.17. The third kappa shape index (κ3) is 4.06. The maximum Gasteiger partial charge on any atom is -0.00191 e. The zero-order valence-corrected chi connectivity index (χ0v) is 10.9. The Hall–Kier alpha value is -0.0800. The Labute approximate surface area is 101 Å². The molecule has 2 aliphatic heterocycles. The number of rotatable bonds is 4. The second-order valence-corrected chi connectivity index (χ2v) is 5.87. The van der Waals surface area contributed by atoms with Crippen molar-refractivity contribution in [1.82, 2.24) is 10.2 Å². The summed E-state index contributed by atoms with van der Waals surface area (Å²) in [6, 6.07) is 0. The maximum atomic E-state index is 3.45. The van der Waals surface area contributed by atoms with Crippen LogP contribution in [0.15, 0.2) is 0 Å². The van der Waals surface area contributed by atoms with Crippen molar-refractivity contribution in [3.8, 4) is 0 Å². The van der Waals surface area contributed by atoms with Gasteiger partial charge in [0.1, 0.15) is 0 Å². The fraction of sp³-hybridized carbons (Fsp3) is 1.00. The lowest BCUT2D eigenvalue weighted by atomic mass is 9.87. The van der Waals surface area contributed by atoms with E-state index < -0.39 is 0 Å². The summed E-state index contributed by atoms with van der Waals surface area (Å²) in [5, 5.41) is 3.45. The smallest absolute Gasteiger partial charge is 0.00191 e. The Balaban J connectivity index is 1.53. The van der Waals surface area contributed by atoms with E-state index in [0.29, 0.717) is 0 Å². The predicted molar refractivity (Wildman–Crippen MR) is 69.7 cm³/mol. The molecule has 2 fully saturated rings. The van der Waals surface area contributed by atoms with E-state index in [1.807, 2.05) is 0 Å². The fourth-order valence-corrected chi connectivity index (χ4v) is 3.22. The van der Waals surface area contributed by atoms with Crippen molar-refractivity contribution in [1.29, 1.82) is 0 Å². The molecule has 2 nitrogen and oxygen atoms in total. The van der Waals surface area contributed by atoms with Crippen LogP contribution < -0.4 is 5.32 Å².